The van der Waals surface area contributed by atoms with Gasteiger partial charge in [0.25, 0.3) is 0 Å². The van der Waals surface area contributed by atoms with Gasteiger partial charge in [-0.05, 0) is 12.8 Å². The minimum absolute atomic E-state index is 0.769. The van der Waals surface area contributed by atoms with Crippen LogP contribution in [-0.2, 0) is 17.7 Å². The Hall–Kier alpha value is -0.590. The fourth-order valence-corrected chi connectivity index (χ4v) is 2.96. The second-order valence-corrected chi connectivity index (χ2v) is 5.51. The molecular formula is C12H22N4OS. The number of hydrogen-bond acceptors (Lipinski definition) is 5. The van der Waals surface area contributed by atoms with Crippen LogP contribution in [0.25, 0.3) is 0 Å². The molecule has 0 unspecified atom stereocenters. The lowest BCUT2D eigenvalue weighted by Gasteiger charge is -2.06. The quantitative estimate of drug-likeness (QED) is 0.598. The van der Waals surface area contributed by atoms with Crippen LogP contribution in [0.4, 0.5) is 0 Å². The van der Waals surface area contributed by atoms with Gasteiger partial charge >= 0.3 is 0 Å². The molecular weight excluding hydrogens is 248 g/mol. The van der Waals surface area contributed by atoms with Crippen LogP contribution in [0.15, 0.2) is 5.16 Å². The molecule has 1 aliphatic heterocycles. The van der Waals surface area contributed by atoms with Crippen molar-refractivity contribution < 1.29 is 4.74 Å². The van der Waals surface area contributed by atoms with Crippen molar-refractivity contribution in [3.63, 3.8) is 0 Å². The van der Waals surface area contributed by atoms with E-state index < -0.39 is 0 Å². The molecule has 0 fully saturated rings. The molecule has 2 rings (SSSR count). The van der Waals surface area contributed by atoms with Gasteiger partial charge in [-0.3, -0.25) is 0 Å². The van der Waals surface area contributed by atoms with E-state index in [2.05, 4.69) is 20.1 Å². The van der Waals surface area contributed by atoms with Gasteiger partial charge in [0.1, 0.15) is 5.82 Å². The molecule has 1 N–H and O–H groups in total. The van der Waals surface area contributed by atoms with Crippen LogP contribution < -0.4 is 5.32 Å². The average molecular weight is 270 g/mol. The Morgan fingerprint density at radius 1 is 1.28 bits per heavy atom. The molecule has 1 aliphatic rings. The Balaban J connectivity index is 1.74. The largest absolute Gasteiger partial charge is 0.383 e. The van der Waals surface area contributed by atoms with E-state index in [1.165, 1.54) is 25.1 Å². The number of aromatic nitrogens is 3. The molecule has 18 heavy (non-hydrogen) atoms. The molecule has 0 aliphatic carbocycles. The number of nitrogens with one attached hydrogen (secondary N) is 1. The van der Waals surface area contributed by atoms with Gasteiger partial charge in [0.05, 0.1) is 6.61 Å². The standard InChI is InChI=1S/C12H22N4OS/c1-17-9-6-13-7-10-18-12-15-14-11-5-3-2-4-8-16(11)12/h13H,2-10H2,1H3. The molecule has 1 aromatic heterocycles. The van der Waals surface area contributed by atoms with Gasteiger partial charge in [-0.1, -0.05) is 18.2 Å². The molecule has 102 valence electrons. The number of methoxy groups -OCH3 is 1. The first-order chi connectivity index (χ1) is 8.92. The van der Waals surface area contributed by atoms with Crippen molar-refractivity contribution in [2.75, 3.05) is 32.6 Å². The molecule has 0 saturated heterocycles. The van der Waals surface area contributed by atoms with Crippen LogP contribution in [-0.4, -0.2) is 47.3 Å². The van der Waals surface area contributed by atoms with Gasteiger partial charge in [0.15, 0.2) is 5.16 Å². The van der Waals surface area contributed by atoms with E-state index in [4.69, 9.17) is 4.74 Å². The summed E-state index contributed by atoms with van der Waals surface area (Å²) in [5.41, 5.74) is 0. The third-order valence-corrected chi connectivity index (χ3v) is 4.04. The third-order valence-electron chi connectivity index (χ3n) is 3.07. The highest BCUT2D eigenvalue weighted by molar-refractivity contribution is 7.99. The van der Waals surface area contributed by atoms with Crippen molar-refractivity contribution >= 4 is 11.8 Å². The summed E-state index contributed by atoms with van der Waals surface area (Å²) in [5, 5.41) is 13.0. The molecule has 6 heteroatoms. The maximum absolute atomic E-state index is 4.99. The van der Waals surface area contributed by atoms with Crippen LogP contribution >= 0.6 is 11.8 Å². The second kappa shape index (κ2) is 7.76. The van der Waals surface area contributed by atoms with Crippen LogP contribution in [0.1, 0.15) is 25.1 Å². The number of thioether (sulfide) groups is 1. The number of ether oxygens (including phenoxy) is 1. The normalized spacial score (nSPS) is 15.4. The lowest BCUT2D eigenvalue weighted by Crippen LogP contribution is -2.21. The van der Waals surface area contributed by atoms with Crippen molar-refractivity contribution in [2.45, 2.75) is 37.4 Å². The lowest BCUT2D eigenvalue weighted by molar-refractivity contribution is 0.200. The van der Waals surface area contributed by atoms with Gasteiger partial charge in [-0.2, -0.15) is 0 Å². The van der Waals surface area contributed by atoms with Crippen LogP contribution in [0.5, 0.6) is 0 Å². The highest BCUT2D eigenvalue weighted by atomic mass is 32.2. The minimum Gasteiger partial charge on any atom is -0.383 e. The van der Waals surface area contributed by atoms with Gasteiger partial charge < -0.3 is 14.6 Å². The van der Waals surface area contributed by atoms with E-state index in [1.54, 1.807) is 18.9 Å². The lowest BCUT2D eigenvalue weighted by atomic mass is 10.2. The summed E-state index contributed by atoms with van der Waals surface area (Å²) in [6.07, 6.45) is 4.90. The van der Waals surface area contributed by atoms with Gasteiger partial charge in [-0.25, -0.2) is 0 Å². The molecule has 0 spiro atoms. The first kappa shape index (κ1) is 13.8. The van der Waals surface area contributed by atoms with Crippen LogP contribution in [0.3, 0.4) is 0 Å². The summed E-state index contributed by atoms with van der Waals surface area (Å²) in [4.78, 5) is 0. The Labute approximate surface area is 113 Å². The van der Waals surface area contributed by atoms with E-state index >= 15 is 0 Å². The zero-order valence-electron chi connectivity index (χ0n) is 11.0. The average Bonchev–Trinajstić information content (AvgIpc) is 2.62. The van der Waals surface area contributed by atoms with Gasteiger partial charge in [0.2, 0.25) is 0 Å². The summed E-state index contributed by atoms with van der Waals surface area (Å²) < 4.78 is 7.29. The molecule has 2 heterocycles. The number of rotatable bonds is 7. The van der Waals surface area contributed by atoms with Crippen molar-refractivity contribution in [3.8, 4) is 0 Å². The number of nitrogens with zero attached hydrogens (tertiary/aromatic N) is 3. The predicted molar refractivity (Wildman–Crippen MR) is 73.0 cm³/mol. The first-order valence-electron chi connectivity index (χ1n) is 6.66. The van der Waals surface area contributed by atoms with Crippen molar-refractivity contribution in [3.05, 3.63) is 5.82 Å². The minimum atomic E-state index is 0.769. The maximum atomic E-state index is 4.99. The molecule has 0 bridgehead atoms. The van der Waals surface area contributed by atoms with E-state index in [-0.39, 0.29) is 0 Å². The summed E-state index contributed by atoms with van der Waals surface area (Å²) in [5.74, 6) is 2.20. The van der Waals surface area contributed by atoms with Gasteiger partial charge in [-0.15, -0.1) is 10.2 Å². The van der Waals surface area contributed by atoms with E-state index in [1.807, 2.05) is 0 Å². The van der Waals surface area contributed by atoms with E-state index in [0.717, 1.165) is 43.6 Å². The van der Waals surface area contributed by atoms with Crippen molar-refractivity contribution in [1.29, 1.82) is 0 Å². The zero-order valence-corrected chi connectivity index (χ0v) is 11.8. The Morgan fingerprint density at radius 3 is 3.11 bits per heavy atom. The number of hydrogen-bond donors (Lipinski definition) is 1. The van der Waals surface area contributed by atoms with Crippen molar-refractivity contribution in [2.24, 2.45) is 0 Å². The molecule has 5 nitrogen and oxygen atoms in total. The number of fused-ring (bicyclic) bond motifs is 1. The summed E-state index contributed by atoms with van der Waals surface area (Å²) in [6.45, 7) is 3.75. The highest BCUT2D eigenvalue weighted by Gasteiger charge is 2.14. The zero-order chi connectivity index (χ0) is 12.6. The summed E-state index contributed by atoms with van der Waals surface area (Å²) in [6, 6.07) is 0. The SMILES string of the molecule is COCCNCCSc1nnc2n1CCCCC2. The topological polar surface area (TPSA) is 52.0 Å². The molecule has 0 aromatic carbocycles. The number of aryl methyl sites for hydroxylation is 1. The van der Waals surface area contributed by atoms with Crippen LogP contribution in [0.2, 0.25) is 0 Å². The van der Waals surface area contributed by atoms with E-state index in [0.29, 0.717) is 0 Å². The fourth-order valence-electron chi connectivity index (χ4n) is 2.08. The first-order valence-corrected chi connectivity index (χ1v) is 7.65. The monoisotopic (exact) mass is 270 g/mol. The molecule has 1 aromatic rings. The smallest absolute Gasteiger partial charge is 0.191 e. The maximum Gasteiger partial charge on any atom is 0.191 e. The summed E-state index contributed by atoms with van der Waals surface area (Å²) >= 11 is 1.80. The molecule has 0 amide bonds. The Kier molecular flexibility index (Phi) is 5.96. The Morgan fingerprint density at radius 2 is 2.22 bits per heavy atom. The van der Waals surface area contributed by atoms with E-state index in [9.17, 15) is 0 Å². The van der Waals surface area contributed by atoms with Crippen LogP contribution in [0, 0.1) is 0 Å². The fraction of sp³-hybridized carbons (Fsp3) is 0.833. The molecule has 0 radical (unpaired) electrons. The Bertz CT molecular complexity index is 356. The predicted octanol–water partition coefficient (Wildman–Crippen LogP) is 1.33. The second-order valence-electron chi connectivity index (χ2n) is 4.45. The van der Waals surface area contributed by atoms with Gasteiger partial charge in [0, 0.05) is 38.9 Å². The third kappa shape index (κ3) is 3.96. The molecule has 0 saturated carbocycles. The highest BCUT2D eigenvalue weighted by Crippen LogP contribution is 2.21. The summed E-state index contributed by atoms with van der Waals surface area (Å²) in [7, 11) is 1.72. The molecule has 0 atom stereocenters. The van der Waals surface area contributed by atoms with Crippen molar-refractivity contribution in [1.82, 2.24) is 20.1 Å².